The Balaban J connectivity index is 1.94. The second-order valence-corrected chi connectivity index (χ2v) is 10.9. The highest BCUT2D eigenvalue weighted by Gasteiger charge is 2.32. The third kappa shape index (κ3) is 4.22. The summed E-state index contributed by atoms with van der Waals surface area (Å²) in [6.07, 6.45) is -0.536. The van der Waals surface area contributed by atoms with Crippen molar-refractivity contribution in [3.05, 3.63) is 67.8 Å². The molecule has 0 amide bonds. The summed E-state index contributed by atoms with van der Waals surface area (Å²) in [5.74, 6) is 0.105. The first-order chi connectivity index (χ1) is 14.1. The van der Waals surface area contributed by atoms with Gasteiger partial charge in [-0.15, -0.1) is 11.3 Å². The van der Waals surface area contributed by atoms with Gasteiger partial charge < -0.3 is 9.47 Å². The van der Waals surface area contributed by atoms with Crippen molar-refractivity contribution in [2.75, 3.05) is 0 Å². The third-order valence-corrected chi connectivity index (χ3v) is 7.06. The zero-order valence-corrected chi connectivity index (χ0v) is 18.8. The van der Waals surface area contributed by atoms with E-state index in [-0.39, 0.29) is 11.5 Å². The van der Waals surface area contributed by atoms with E-state index in [0.29, 0.717) is 33.6 Å². The first-order valence-corrected chi connectivity index (χ1v) is 12.1. The van der Waals surface area contributed by atoms with Crippen molar-refractivity contribution in [2.45, 2.75) is 25.4 Å². The fourth-order valence-corrected chi connectivity index (χ4v) is 5.63. The van der Waals surface area contributed by atoms with Crippen molar-refractivity contribution >= 4 is 37.3 Å². The van der Waals surface area contributed by atoms with Crippen LogP contribution in [0.15, 0.2) is 46.3 Å². The molecule has 0 saturated heterocycles. The van der Waals surface area contributed by atoms with Crippen molar-refractivity contribution in [1.29, 1.82) is 0 Å². The molecule has 10 heteroatoms. The molecule has 1 aliphatic heterocycles. The molecular weight excluding hydrogens is 500 g/mol. The smallest absolute Gasteiger partial charge is 0.387 e. The zero-order chi connectivity index (χ0) is 21.6. The topological polar surface area (TPSA) is 78.6 Å². The number of aryl methyl sites for hydroxylation is 1. The maximum atomic E-state index is 13.1. The molecule has 0 saturated carbocycles. The predicted molar refractivity (Wildman–Crippen MR) is 115 cm³/mol. The molecule has 2 aromatic carbocycles. The molecule has 0 aliphatic carbocycles. The molecule has 3 aromatic rings. The number of ether oxygens (including phenoxy) is 2. The molecule has 4 rings (SSSR count). The van der Waals surface area contributed by atoms with Crippen molar-refractivity contribution in [3.8, 4) is 22.6 Å². The summed E-state index contributed by atoms with van der Waals surface area (Å²) in [5, 5.41) is 5.20. The van der Waals surface area contributed by atoms with E-state index in [4.69, 9.17) is 14.6 Å². The molecule has 1 atom stereocenters. The number of hydrogen-bond donors (Lipinski definition) is 1. The largest absolute Gasteiger partial charge is 0.479 e. The fraction of sp³-hybridized carbons (Fsp3) is 0.200. The molecule has 158 valence electrons. The first kappa shape index (κ1) is 21.2. The van der Waals surface area contributed by atoms with Gasteiger partial charge >= 0.3 is 6.61 Å². The standard InChI is InChI=1S/C20H16BrF2NO4S2/c1-10-2-5-14-17(18(10)28-20(22)23)12-4-3-11(9-30(24,25)26)8-13(12)19(27-14)15-6-7-16(21)29-15/h2-8,19-20H,9H2,1H3,(H2,24,25,26). The average Bonchev–Trinajstić information content (AvgIpc) is 3.07. The summed E-state index contributed by atoms with van der Waals surface area (Å²) < 4.78 is 61.3. The second-order valence-electron chi connectivity index (χ2n) is 6.83. The van der Waals surface area contributed by atoms with Crippen LogP contribution in [-0.4, -0.2) is 15.0 Å². The van der Waals surface area contributed by atoms with Crippen molar-refractivity contribution in [1.82, 2.24) is 0 Å². The van der Waals surface area contributed by atoms with Crippen molar-refractivity contribution < 1.29 is 26.7 Å². The Kier molecular flexibility index (Phi) is 5.60. The van der Waals surface area contributed by atoms with Gasteiger partial charge in [0.15, 0.2) is 6.10 Å². The van der Waals surface area contributed by atoms with Gasteiger partial charge in [-0.25, -0.2) is 13.6 Å². The minimum atomic E-state index is -3.74. The Morgan fingerprint density at radius 2 is 2.00 bits per heavy atom. The van der Waals surface area contributed by atoms with E-state index in [9.17, 15) is 17.2 Å². The summed E-state index contributed by atoms with van der Waals surface area (Å²) in [4.78, 5) is 0.874. The molecule has 0 spiro atoms. The van der Waals surface area contributed by atoms with Gasteiger partial charge in [0.2, 0.25) is 10.0 Å². The lowest BCUT2D eigenvalue weighted by molar-refractivity contribution is -0.0500. The first-order valence-electron chi connectivity index (χ1n) is 8.76. The van der Waals surface area contributed by atoms with Crippen LogP contribution < -0.4 is 14.6 Å². The van der Waals surface area contributed by atoms with E-state index >= 15 is 0 Å². The van der Waals surface area contributed by atoms with E-state index < -0.39 is 22.7 Å². The van der Waals surface area contributed by atoms with Crippen LogP contribution in [0.25, 0.3) is 11.1 Å². The van der Waals surface area contributed by atoms with E-state index in [1.807, 2.05) is 12.1 Å². The number of hydrogen-bond acceptors (Lipinski definition) is 5. The predicted octanol–water partition coefficient (Wildman–Crippen LogP) is 5.36. The highest BCUT2D eigenvalue weighted by Crippen LogP contribution is 2.51. The maximum absolute atomic E-state index is 13.1. The lowest BCUT2D eigenvalue weighted by Crippen LogP contribution is -2.18. The second kappa shape index (κ2) is 7.92. The number of rotatable bonds is 5. The minimum Gasteiger partial charge on any atom is -0.479 e. The Hall–Kier alpha value is -2.01. The van der Waals surface area contributed by atoms with Crippen LogP contribution in [0.3, 0.4) is 0 Å². The Morgan fingerprint density at radius 3 is 2.63 bits per heavy atom. The van der Waals surface area contributed by atoms with E-state index in [0.717, 1.165) is 8.66 Å². The van der Waals surface area contributed by atoms with Crippen LogP contribution in [0.2, 0.25) is 0 Å². The number of sulfonamides is 1. The van der Waals surface area contributed by atoms with Crippen LogP contribution in [0, 0.1) is 6.92 Å². The molecular formula is C20H16BrF2NO4S2. The minimum absolute atomic E-state index is 0.0359. The summed E-state index contributed by atoms with van der Waals surface area (Å²) in [6, 6.07) is 12.2. The summed E-state index contributed by atoms with van der Waals surface area (Å²) in [5.41, 5.74) is 2.73. The van der Waals surface area contributed by atoms with E-state index in [1.54, 1.807) is 37.3 Å². The van der Waals surface area contributed by atoms with E-state index in [2.05, 4.69) is 15.9 Å². The number of thiophene rings is 1. The maximum Gasteiger partial charge on any atom is 0.387 e. The lowest BCUT2D eigenvalue weighted by Gasteiger charge is -2.30. The quantitative estimate of drug-likeness (QED) is 0.496. The molecule has 2 heterocycles. The number of halogens is 3. The number of primary sulfonamides is 1. The summed E-state index contributed by atoms with van der Waals surface area (Å²) in [6.45, 7) is -1.32. The van der Waals surface area contributed by atoms with Gasteiger partial charge in [-0.2, -0.15) is 8.78 Å². The summed E-state index contributed by atoms with van der Waals surface area (Å²) >= 11 is 4.90. The van der Waals surface area contributed by atoms with Crippen LogP contribution in [-0.2, 0) is 15.8 Å². The van der Waals surface area contributed by atoms with Gasteiger partial charge in [0.1, 0.15) is 11.5 Å². The molecule has 1 unspecified atom stereocenters. The Labute approximate surface area is 184 Å². The normalized spacial score (nSPS) is 15.5. The van der Waals surface area contributed by atoms with Crippen LogP contribution in [0.1, 0.15) is 27.7 Å². The molecule has 5 nitrogen and oxygen atoms in total. The molecule has 1 aliphatic rings. The summed E-state index contributed by atoms with van der Waals surface area (Å²) in [7, 11) is -3.74. The lowest BCUT2D eigenvalue weighted by atomic mass is 9.89. The van der Waals surface area contributed by atoms with Crippen LogP contribution in [0.4, 0.5) is 8.78 Å². The zero-order valence-electron chi connectivity index (χ0n) is 15.6. The van der Waals surface area contributed by atoms with Gasteiger partial charge in [0.05, 0.1) is 20.0 Å². The van der Waals surface area contributed by atoms with Gasteiger partial charge in [-0.1, -0.05) is 24.3 Å². The Morgan fingerprint density at radius 1 is 1.23 bits per heavy atom. The third-order valence-electron chi connectivity index (χ3n) is 4.66. The molecule has 0 fully saturated rings. The molecule has 30 heavy (non-hydrogen) atoms. The fourth-order valence-electron chi connectivity index (χ4n) is 3.51. The number of nitrogens with two attached hydrogens (primary N) is 1. The van der Waals surface area contributed by atoms with Gasteiger partial charge in [-0.05, 0) is 57.7 Å². The average molecular weight is 516 g/mol. The van der Waals surface area contributed by atoms with Gasteiger partial charge in [-0.3, -0.25) is 0 Å². The Bertz CT molecular complexity index is 1230. The SMILES string of the molecule is Cc1ccc2c(c1OC(F)F)-c1ccc(CS(N)(=O)=O)cc1C(c1ccc(Br)s1)O2. The molecule has 0 radical (unpaired) electrons. The van der Waals surface area contributed by atoms with Crippen molar-refractivity contribution in [2.24, 2.45) is 5.14 Å². The molecule has 0 bridgehead atoms. The number of benzene rings is 2. The van der Waals surface area contributed by atoms with Gasteiger partial charge in [0.25, 0.3) is 0 Å². The molecule has 1 aromatic heterocycles. The van der Waals surface area contributed by atoms with Crippen molar-refractivity contribution in [3.63, 3.8) is 0 Å². The highest BCUT2D eigenvalue weighted by molar-refractivity contribution is 9.11. The number of alkyl halides is 2. The van der Waals surface area contributed by atoms with E-state index in [1.165, 1.54) is 11.3 Å². The van der Waals surface area contributed by atoms with Crippen LogP contribution >= 0.6 is 27.3 Å². The van der Waals surface area contributed by atoms with Gasteiger partial charge in [0, 0.05) is 5.56 Å². The monoisotopic (exact) mass is 515 g/mol. The highest BCUT2D eigenvalue weighted by atomic mass is 79.9. The number of fused-ring (bicyclic) bond motifs is 3. The van der Waals surface area contributed by atoms with Crippen LogP contribution in [0.5, 0.6) is 11.5 Å². The molecule has 2 N–H and O–H groups in total.